The summed E-state index contributed by atoms with van der Waals surface area (Å²) < 4.78 is 2.13. The van der Waals surface area contributed by atoms with Crippen molar-refractivity contribution in [1.82, 2.24) is 9.47 Å². The number of rotatable bonds is 3. The molecule has 6 nitrogen and oxygen atoms in total. The Kier molecular flexibility index (Phi) is 5.75. The number of carbonyl (C=O) groups excluding carboxylic acids is 2. The van der Waals surface area contributed by atoms with E-state index in [1.807, 2.05) is 12.1 Å². The molecule has 2 heterocycles. The highest BCUT2D eigenvalue weighted by atomic mass is 127. The normalized spacial score (nSPS) is 14.2. The predicted molar refractivity (Wildman–Crippen MR) is 109 cm³/mol. The monoisotopic (exact) mass is 465 g/mol. The first-order valence-electron chi connectivity index (χ1n) is 8.53. The van der Waals surface area contributed by atoms with Crippen molar-refractivity contribution in [1.29, 1.82) is 0 Å². The number of likely N-dealkylation sites (tertiary alicyclic amines) is 1. The average molecular weight is 465 g/mol. The van der Waals surface area contributed by atoms with Crippen LogP contribution in [-0.4, -0.2) is 34.4 Å². The zero-order valence-corrected chi connectivity index (χ0v) is 16.7. The van der Waals surface area contributed by atoms with E-state index in [4.69, 9.17) is 0 Å². The van der Waals surface area contributed by atoms with Crippen LogP contribution in [0.1, 0.15) is 40.0 Å². The molecule has 1 aromatic carbocycles. The van der Waals surface area contributed by atoms with E-state index in [0.717, 1.165) is 35.9 Å². The van der Waals surface area contributed by atoms with Gasteiger partial charge in [-0.05, 0) is 60.1 Å². The summed E-state index contributed by atoms with van der Waals surface area (Å²) in [5.41, 5.74) is 0.662. The van der Waals surface area contributed by atoms with Gasteiger partial charge in [-0.2, -0.15) is 0 Å². The lowest BCUT2D eigenvalue weighted by Crippen LogP contribution is -2.36. The van der Waals surface area contributed by atoms with Crippen molar-refractivity contribution in [3.8, 4) is 0 Å². The minimum atomic E-state index is -0.366. The van der Waals surface area contributed by atoms with E-state index in [0.29, 0.717) is 11.1 Å². The largest absolute Gasteiger partial charge is 0.339 e. The lowest BCUT2D eigenvalue weighted by molar-refractivity contribution is 0.0723. The molecule has 0 radical (unpaired) electrons. The SMILES string of the molecule is Cn1cc(C(=O)N2CCCCC2)cc(NC(=O)c2ccccc2I)c1=O. The van der Waals surface area contributed by atoms with Gasteiger partial charge in [0.15, 0.2) is 0 Å². The highest BCUT2D eigenvalue weighted by Crippen LogP contribution is 2.16. The molecule has 26 heavy (non-hydrogen) atoms. The minimum Gasteiger partial charge on any atom is -0.339 e. The van der Waals surface area contributed by atoms with Crippen LogP contribution < -0.4 is 10.9 Å². The number of piperidine rings is 1. The number of benzene rings is 1. The van der Waals surface area contributed by atoms with Crippen LogP contribution in [0.15, 0.2) is 41.3 Å². The molecule has 1 saturated heterocycles. The summed E-state index contributed by atoms with van der Waals surface area (Å²) in [4.78, 5) is 39.4. The summed E-state index contributed by atoms with van der Waals surface area (Å²) >= 11 is 2.08. The third-order valence-corrected chi connectivity index (χ3v) is 5.38. The Labute approximate surface area is 165 Å². The summed E-state index contributed by atoms with van der Waals surface area (Å²) in [5, 5.41) is 2.66. The van der Waals surface area contributed by atoms with E-state index in [2.05, 4.69) is 27.9 Å². The molecule has 7 heteroatoms. The average Bonchev–Trinajstić information content (AvgIpc) is 2.65. The smallest absolute Gasteiger partial charge is 0.274 e. The van der Waals surface area contributed by atoms with Gasteiger partial charge in [-0.15, -0.1) is 0 Å². The van der Waals surface area contributed by atoms with E-state index in [9.17, 15) is 14.4 Å². The van der Waals surface area contributed by atoms with Crippen LogP contribution in [0.5, 0.6) is 0 Å². The highest BCUT2D eigenvalue weighted by molar-refractivity contribution is 14.1. The molecule has 0 spiro atoms. The molecule has 1 aliphatic heterocycles. The number of amides is 2. The van der Waals surface area contributed by atoms with Crippen molar-refractivity contribution >= 4 is 40.1 Å². The number of carbonyl (C=O) groups is 2. The van der Waals surface area contributed by atoms with Gasteiger partial charge in [0.1, 0.15) is 5.69 Å². The highest BCUT2D eigenvalue weighted by Gasteiger charge is 2.21. The number of hydrogen-bond donors (Lipinski definition) is 1. The number of nitrogens with zero attached hydrogens (tertiary/aromatic N) is 2. The van der Waals surface area contributed by atoms with Gasteiger partial charge in [0.05, 0.1) is 11.1 Å². The number of nitrogens with one attached hydrogen (secondary N) is 1. The van der Waals surface area contributed by atoms with E-state index in [-0.39, 0.29) is 23.1 Å². The van der Waals surface area contributed by atoms with Crippen molar-refractivity contribution in [2.75, 3.05) is 18.4 Å². The number of aryl methyl sites for hydroxylation is 1. The van der Waals surface area contributed by atoms with Crippen LogP contribution in [0.4, 0.5) is 5.69 Å². The number of pyridine rings is 1. The van der Waals surface area contributed by atoms with Crippen molar-refractivity contribution in [2.24, 2.45) is 7.05 Å². The van der Waals surface area contributed by atoms with Gasteiger partial charge in [0.25, 0.3) is 17.4 Å². The molecule has 1 N–H and O–H groups in total. The maximum atomic E-state index is 12.7. The van der Waals surface area contributed by atoms with Crippen molar-refractivity contribution in [3.63, 3.8) is 0 Å². The molecule has 2 amide bonds. The molecular formula is C19H20IN3O3. The molecule has 1 aromatic heterocycles. The van der Waals surface area contributed by atoms with Gasteiger partial charge < -0.3 is 14.8 Å². The van der Waals surface area contributed by atoms with Gasteiger partial charge in [-0.25, -0.2) is 0 Å². The molecule has 3 rings (SSSR count). The van der Waals surface area contributed by atoms with Crippen LogP contribution in [0.2, 0.25) is 0 Å². The van der Waals surface area contributed by atoms with Gasteiger partial charge >= 0.3 is 0 Å². The first-order valence-corrected chi connectivity index (χ1v) is 9.61. The van der Waals surface area contributed by atoms with Crippen LogP contribution in [-0.2, 0) is 7.05 Å². The summed E-state index contributed by atoms with van der Waals surface area (Å²) in [7, 11) is 1.58. The number of anilines is 1. The second kappa shape index (κ2) is 8.03. The predicted octanol–water partition coefficient (Wildman–Crippen LogP) is 2.87. The van der Waals surface area contributed by atoms with Gasteiger partial charge in [-0.3, -0.25) is 14.4 Å². The quantitative estimate of drug-likeness (QED) is 0.709. The Hall–Kier alpha value is -2.16. The van der Waals surface area contributed by atoms with Crippen LogP contribution in [0.3, 0.4) is 0 Å². The Morgan fingerprint density at radius 3 is 2.50 bits per heavy atom. The molecule has 0 saturated carbocycles. The zero-order chi connectivity index (χ0) is 18.7. The minimum absolute atomic E-state index is 0.106. The summed E-state index contributed by atoms with van der Waals surface area (Å²) in [6.07, 6.45) is 4.65. The van der Waals surface area contributed by atoms with Crippen molar-refractivity contribution in [3.05, 3.63) is 61.6 Å². The van der Waals surface area contributed by atoms with Gasteiger partial charge in [0.2, 0.25) is 0 Å². The summed E-state index contributed by atoms with van der Waals surface area (Å²) in [6, 6.07) is 8.61. The summed E-state index contributed by atoms with van der Waals surface area (Å²) in [6.45, 7) is 1.46. The van der Waals surface area contributed by atoms with E-state index in [1.54, 1.807) is 24.1 Å². The van der Waals surface area contributed by atoms with Gasteiger partial charge in [0, 0.05) is 29.9 Å². The summed E-state index contributed by atoms with van der Waals surface area (Å²) in [5.74, 6) is -0.472. The number of halogens is 1. The van der Waals surface area contributed by atoms with E-state index in [1.165, 1.54) is 16.8 Å². The third-order valence-electron chi connectivity index (χ3n) is 4.44. The first kappa shape index (κ1) is 18.6. The van der Waals surface area contributed by atoms with Crippen molar-refractivity contribution < 1.29 is 9.59 Å². The Bertz CT molecular complexity index is 901. The van der Waals surface area contributed by atoms with E-state index >= 15 is 0 Å². The second-order valence-corrected chi connectivity index (χ2v) is 7.51. The first-order chi connectivity index (χ1) is 12.5. The molecule has 2 aromatic rings. The lowest BCUT2D eigenvalue weighted by Gasteiger charge is -2.27. The fourth-order valence-corrected chi connectivity index (χ4v) is 3.67. The topological polar surface area (TPSA) is 71.4 Å². The molecule has 136 valence electrons. The maximum absolute atomic E-state index is 12.7. The van der Waals surface area contributed by atoms with Crippen molar-refractivity contribution in [2.45, 2.75) is 19.3 Å². The van der Waals surface area contributed by atoms with E-state index < -0.39 is 0 Å². The second-order valence-electron chi connectivity index (χ2n) is 6.35. The molecule has 0 atom stereocenters. The Balaban J connectivity index is 1.89. The lowest BCUT2D eigenvalue weighted by atomic mass is 10.1. The Morgan fingerprint density at radius 1 is 1.12 bits per heavy atom. The standard InChI is InChI=1S/C19H20IN3O3/c1-22-12-13(18(25)23-9-5-2-6-10-23)11-16(19(22)26)21-17(24)14-7-3-4-8-15(14)20/h3-4,7-8,11-12H,2,5-6,9-10H2,1H3,(H,21,24). The molecule has 0 unspecified atom stereocenters. The fourth-order valence-electron chi connectivity index (χ4n) is 3.03. The molecule has 1 fully saturated rings. The Morgan fingerprint density at radius 2 is 1.81 bits per heavy atom. The van der Waals surface area contributed by atoms with Gasteiger partial charge in [-0.1, -0.05) is 12.1 Å². The zero-order valence-electron chi connectivity index (χ0n) is 14.5. The maximum Gasteiger partial charge on any atom is 0.274 e. The molecule has 1 aliphatic rings. The fraction of sp³-hybridized carbons (Fsp3) is 0.316. The molecular weight excluding hydrogens is 445 g/mol. The third kappa shape index (κ3) is 3.98. The molecule has 0 bridgehead atoms. The van der Waals surface area contributed by atoms with Crippen LogP contribution >= 0.6 is 22.6 Å². The number of aromatic nitrogens is 1. The number of hydrogen-bond acceptors (Lipinski definition) is 3. The molecule has 0 aliphatic carbocycles. The van der Waals surface area contributed by atoms with Crippen LogP contribution in [0, 0.1) is 3.57 Å². The van der Waals surface area contributed by atoms with Crippen LogP contribution in [0.25, 0.3) is 0 Å².